The Morgan fingerprint density at radius 1 is 1.27 bits per heavy atom. The van der Waals surface area contributed by atoms with Crippen LogP contribution in [0.2, 0.25) is 0 Å². The highest BCUT2D eigenvalue weighted by Gasteiger charge is 2.79. The number of benzene rings is 1. The molecule has 2 fully saturated rings. The van der Waals surface area contributed by atoms with Crippen molar-refractivity contribution in [3.8, 4) is 11.5 Å². The number of rotatable bonds is 1. The Labute approximate surface area is 176 Å². The molecule has 160 valence electrons. The van der Waals surface area contributed by atoms with Crippen LogP contribution in [0.25, 0.3) is 0 Å². The molecular formula is C24H29NO5. The molecule has 0 aromatic heterocycles. The molecule has 6 aliphatic rings. The second kappa shape index (κ2) is 5.88. The molecule has 2 heterocycles. The predicted molar refractivity (Wildman–Crippen MR) is 107 cm³/mol. The molecule has 1 unspecified atom stereocenters. The van der Waals surface area contributed by atoms with Crippen molar-refractivity contribution in [1.82, 2.24) is 0 Å². The first kappa shape index (κ1) is 19.6. The summed E-state index contributed by atoms with van der Waals surface area (Å²) in [5, 5.41) is 19.5. The minimum atomic E-state index is -1.08. The third kappa shape index (κ3) is 2.03. The normalized spacial score (nSPS) is 43.2. The molecule has 1 saturated carbocycles. The summed E-state index contributed by atoms with van der Waals surface area (Å²) in [6, 6.07) is 4.37. The summed E-state index contributed by atoms with van der Waals surface area (Å²) in [7, 11) is 2.31. The Hall–Kier alpha value is -2.34. The molecule has 0 amide bonds. The Kier molecular flexibility index (Phi) is 3.84. The van der Waals surface area contributed by atoms with Crippen LogP contribution in [-0.2, 0) is 21.4 Å². The number of hydrogen-bond acceptors (Lipinski definition) is 5. The largest absolute Gasteiger partial charge is 0.550 e. The number of hydrogen-bond donors (Lipinski definition) is 2. The lowest BCUT2D eigenvalue weighted by Crippen LogP contribution is -3.18. The molecule has 1 aromatic carbocycles. The van der Waals surface area contributed by atoms with E-state index in [2.05, 4.69) is 32.2 Å². The zero-order chi connectivity index (χ0) is 21.6. The van der Waals surface area contributed by atoms with E-state index in [0.717, 1.165) is 32.7 Å². The third-order valence-corrected chi connectivity index (χ3v) is 8.83. The van der Waals surface area contributed by atoms with Gasteiger partial charge in [0.25, 0.3) is 0 Å². The standard InChI is InChI=1S/C22H25NO3.C2H4O2/c1-12(24)14-11-21-7-6-20(14,2)19-22(21)8-9-23(3)16(21)10-13-4-5-15(25)18(26-19)17(13)22;1-2(3)4/h4-7,14,16,19,25H,8-11H2,1-3H3;1H3,(H,3,4)/t14-,16-,19+,20+,21-,22+;/m1./s1. The summed E-state index contributed by atoms with van der Waals surface area (Å²) >= 11 is 0. The number of Topliss-reactive ketones (excluding diaryl/α,β-unsaturated/α-hetero) is 1. The number of likely N-dealkylation sites (N-methyl/N-ethyl adjacent to an activating group) is 1. The zero-order valence-corrected chi connectivity index (χ0v) is 18.0. The lowest BCUT2D eigenvalue weighted by molar-refractivity contribution is -0.923. The molecule has 6 heteroatoms. The van der Waals surface area contributed by atoms with Crippen molar-refractivity contribution >= 4 is 11.8 Å². The molecule has 1 saturated heterocycles. The first-order chi connectivity index (χ1) is 14.1. The molecule has 4 bridgehead atoms. The average Bonchev–Trinajstić information content (AvgIpc) is 3.04. The number of piperidine rings is 1. The molecule has 1 aromatic rings. The van der Waals surface area contributed by atoms with E-state index in [-0.39, 0.29) is 39.8 Å². The maximum Gasteiger partial charge on any atom is 0.165 e. The van der Waals surface area contributed by atoms with Gasteiger partial charge in [0.1, 0.15) is 17.9 Å². The van der Waals surface area contributed by atoms with Gasteiger partial charge in [0, 0.05) is 35.7 Å². The fraction of sp³-hybridized carbons (Fsp3) is 0.583. The number of carbonyl (C=O) groups is 2. The molecule has 2 N–H and O–H groups in total. The monoisotopic (exact) mass is 411 g/mol. The van der Waals surface area contributed by atoms with E-state index in [1.807, 2.05) is 0 Å². The number of ether oxygens (including phenoxy) is 1. The summed E-state index contributed by atoms with van der Waals surface area (Å²) in [5.41, 5.74) is 2.18. The summed E-state index contributed by atoms with van der Waals surface area (Å²) in [6.07, 6.45) is 7.69. The molecule has 6 nitrogen and oxygen atoms in total. The molecule has 2 aliphatic heterocycles. The maximum absolute atomic E-state index is 12.6. The molecule has 7 atom stereocenters. The lowest BCUT2D eigenvalue weighted by atomic mass is 9.35. The van der Waals surface area contributed by atoms with Gasteiger partial charge in [0.2, 0.25) is 0 Å². The van der Waals surface area contributed by atoms with Crippen LogP contribution in [-0.4, -0.2) is 42.6 Å². The number of ketones is 1. The summed E-state index contributed by atoms with van der Waals surface area (Å²) in [6.45, 7) is 6.04. The Balaban J connectivity index is 0.000000446. The maximum atomic E-state index is 12.6. The van der Waals surface area contributed by atoms with E-state index < -0.39 is 5.97 Å². The van der Waals surface area contributed by atoms with Crippen LogP contribution in [0.3, 0.4) is 0 Å². The van der Waals surface area contributed by atoms with Crippen LogP contribution in [0, 0.1) is 16.7 Å². The first-order valence-corrected chi connectivity index (χ1v) is 10.8. The Morgan fingerprint density at radius 2 is 1.97 bits per heavy atom. The third-order valence-electron chi connectivity index (χ3n) is 8.83. The number of aromatic hydroxyl groups is 1. The number of carboxylic acids is 1. The van der Waals surface area contributed by atoms with Crippen LogP contribution in [0.15, 0.2) is 24.3 Å². The van der Waals surface area contributed by atoms with Crippen molar-refractivity contribution in [2.24, 2.45) is 16.7 Å². The van der Waals surface area contributed by atoms with Crippen LogP contribution < -0.4 is 14.7 Å². The summed E-state index contributed by atoms with van der Waals surface area (Å²) < 4.78 is 6.59. The van der Waals surface area contributed by atoms with E-state index in [0.29, 0.717) is 11.8 Å². The fourth-order valence-corrected chi connectivity index (χ4v) is 7.77. The second-order valence-corrected chi connectivity index (χ2v) is 10.1. The topological polar surface area (TPSA) is 91.1 Å². The van der Waals surface area contributed by atoms with Crippen molar-refractivity contribution in [1.29, 1.82) is 0 Å². The number of likely N-dealkylation sites (tertiary alicyclic amines) is 1. The highest BCUT2D eigenvalue weighted by atomic mass is 16.5. The van der Waals surface area contributed by atoms with E-state index in [9.17, 15) is 9.90 Å². The van der Waals surface area contributed by atoms with Gasteiger partial charge in [0.05, 0.1) is 24.4 Å². The van der Waals surface area contributed by atoms with E-state index in [1.54, 1.807) is 17.9 Å². The quantitative estimate of drug-likeness (QED) is 0.643. The van der Waals surface area contributed by atoms with E-state index in [4.69, 9.17) is 14.6 Å². The van der Waals surface area contributed by atoms with Gasteiger partial charge in [-0.25, -0.2) is 0 Å². The van der Waals surface area contributed by atoms with E-state index >= 15 is 0 Å². The number of carbonyl (C=O) groups excluding carboxylic acids is 2. The van der Waals surface area contributed by atoms with Crippen molar-refractivity contribution in [3.05, 3.63) is 35.4 Å². The first-order valence-electron chi connectivity index (χ1n) is 10.8. The fourth-order valence-electron chi connectivity index (χ4n) is 7.77. The van der Waals surface area contributed by atoms with Gasteiger partial charge >= 0.3 is 0 Å². The molecular weight excluding hydrogens is 382 g/mol. The number of quaternary nitrogens is 1. The van der Waals surface area contributed by atoms with Gasteiger partial charge in [0.15, 0.2) is 11.5 Å². The van der Waals surface area contributed by atoms with Crippen molar-refractivity contribution < 1.29 is 29.4 Å². The molecule has 30 heavy (non-hydrogen) atoms. The summed E-state index contributed by atoms with van der Waals surface area (Å²) in [5.74, 6) is 0.150. The van der Waals surface area contributed by atoms with Gasteiger partial charge < -0.3 is 24.6 Å². The van der Waals surface area contributed by atoms with Crippen LogP contribution in [0.4, 0.5) is 0 Å². The number of nitrogens with one attached hydrogen (secondary N) is 1. The molecule has 4 aliphatic carbocycles. The molecule has 7 rings (SSSR count). The number of aliphatic carboxylic acids is 1. The smallest absolute Gasteiger partial charge is 0.165 e. The summed E-state index contributed by atoms with van der Waals surface area (Å²) in [4.78, 5) is 23.1. The Bertz CT molecular complexity index is 998. The van der Waals surface area contributed by atoms with Gasteiger partial charge in [-0.05, 0) is 31.9 Å². The molecule has 0 radical (unpaired) electrons. The SMILES string of the molecule is CC(=O)[C@H]1C[C@@]23C=C[C@]1(C)[C@@H]1Oc4c(O)ccc5c4[C@@]12CC[NH+](C)[C@@H]3C5.CC(=O)[O-]. The number of fused-ring (bicyclic) bond motifs is 1. The van der Waals surface area contributed by atoms with Gasteiger partial charge in [-0.3, -0.25) is 4.79 Å². The minimum absolute atomic E-state index is 0.00275. The highest BCUT2D eigenvalue weighted by molar-refractivity contribution is 5.81. The minimum Gasteiger partial charge on any atom is -0.550 e. The molecule has 2 spiro atoms. The van der Waals surface area contributed by atoms with Crippen molar-refractivity contribution in [2.75, 3.05) is 13.6 Å². The zero-order valence-electron chi connectivity index (χ0n) is 18.0. The number of phenols is 1. The van der Waals surface area contributed by atoms with E-state index in [1.165, 1.54) is 11.1 Å². The highest BCUT2D eigenvalue weighted by Crippen LogP contribution is 2.74. The average molecular weight is 411 g/mol. The van der Waals surface area contributed by atoms with Crippen molar-refractivity contribution in [2.45, 2.75) is 57.6 Å². The number of carboxylic acid groups (broad SMARTS) is 1. The second-order valence-electron chi connectivity index (χ2n) is 10.1. The van der Waals surface area contributed by atoms with Gasteiger partial charge in [-0.15, -0.1) is 0 Å². The lowest BCUT2D eigenvalue weighted by Gasteiger charge is -2.69. The Morgan fingerprint density at radius 3 is 2.63 bits per heavy atom. The van der Waals surface area contributed by atoms with Crippen molar-refractivity contribution in [3.63, 3.8) is 0 Å². The van der Waals surface area contributed by atoms with Gasteiger partial charge in [-0.2, -0.15) is 0 Å². The van der Waals surface area contributed by atoms with Gasteiger partial charge in [-0.1, -0.05) is 25.1 Å². The number of phenolic OH excluding ortho intramolecular Hbond substituents is 1. The van der Waals surface area contributed by atoms with Crippen LogP contribution >= 0.6 is 0 Å². The van der Waals surface area contributed by atoms with Crippen LogP contribution in [0.5, 0.6) is 11.5 Å². The predicted octanol–water partition coefficient (Wildman–Crippen LogP) is 0.162. The van der Waals surface area contributed by atoms with Crippen LogP contribution in [0.1, 0.15) is 44.7 Å².